The van der Waals surface area contributed by atoms with Crippen LogP contribution in [-0.2, 0) is 4.79 Å². The van der Waals surface area contributed by atoms with Gasteiger partial charge in [-0.1, -0.05) is 32.4 Å². The molecule has 1 aromatic rings. The first-order valence-electron chi connectivity index (χ1n) is 6.86. The Bertz CT molecular complexity index is 520. The Morgan fingerprint density at radius 3 is 2.57 bits per heavy atom. The quantitative estimate of drug-likeness (QED) is 0.715. The van der Waals surface area contributed by atoms with Gasteiger partial charge in [0.05, 0.1) is 10.6 Å². The van der Waals surface area contributed by atoms with Crippen LogP contribution < -0.4 is 16.4 Å². The Kier molecular flexibility index (Phi) is 6.42. The summed E-state index contributed by atoms with van der Waals surface area (Å²) < 4.78 is 0. The average molecular weight is 313 g/mol. The van der Waals surface area contributed by atoms with Crippen LogP contribution in [0, 0.1) is 5.92 Å². The molecule has 0 aliphatic heterocycles. The first-order valence-corrected chi connectivity index (χ1v) is 7.24. The molecular weight excluding hydrogens is 292 g/mol. The number of rotatable bonds is 7. The van der Waals surface area contributed by atoms with Crippen molar-refractivity contribution in [3.63, 3.8) is 0 Å². The van der Waals surface area contributed by atoms with Crippen molar-refractivity contribution in [1.82, 2.24) is 10.3 Å². The van der Waals surface area contributed by atoms with Gasteiger partial charge >= 0.3 is 0 Å². The average Bonchev–Trinajstić information content (AvgIpc) is 2.42. The molecule has 0 fully saturated rings. The van der Waals surface area contributed by atoms with Gasteiger partial charge in [0.15, 0.2) is 0 Å². The predicted molar refractivity (Wildman–Crippen MR) is 83.3 cm³/mol. The first kappa shape index (κ1) is 17.2. The SMILES string of the molecule is CCCNc1ncc(C(=O)NC(C(N)=O)C(C)C)cc1Cl. The van der Waals surface area contributed by atoms with E-state index in [0.717, 1.165) is 13.0 Å². The largest absolute Gasteiger partial charge is 0.369 e. The van der Waals surface area contributed by atoms with E-state index >= 15 is 0 Å². The number of carbonyl (C=O) groups excluding carboxylic acids is 2. The lowest BCUT2D eigenvalue weighted by Gasteiger charge is -2.19. The Morgan fingerprint density at radius 1 is 1.43 bits per heavy atom. The van der Waals surface area contributed by atoms with E-state index in [0.29, 0.717) is 10.8 Å². The van der Waals surface area contributed by atoms with Crippen LogP contribution >= 0.6 is 11.6 Å². The number of hydrogen-bond donors (Lipinski definition) is 3. The molecule has 2 amide bonds. The van der Waals surface area contributed by atoms with Crippen LogP contribution in [0.3, 0.4) is 0 Å². The highest BCUT2D eigenvalue weighted by Gasteiger charge is 2.22. The summed E-state index contributed by atoms with van der Waals surface area (Å²) in [7, 11) is 0. The predicted octanol–water partition coefficient (Wildman–Crippen LogP) is 1.80. The molecule has 0 saturated carbocycles. The summed E-state index contributed by atoms with van der Waals surface area (Å²) in [6, 6.07) is 0.787. The van der Waals surface area contributed by atoms with E-state index in [1.54, 1.807) is 13.8 Å². The molecule has 21 heavy (non-hydrogen) atoms. The highest BCUT2D eigenvalue weighted by molar-refractivity contribution is 6.33. The van der Waals surface area contributed by atoms with Crippen LogP contribution in [0.4, 0.5) is 5.82 Å². The van der Waals surface area contributed by atoms with E-state index in [1.807, 2.05) is 6.92 Å². The van der Waals surface area contributed by atoms with Crippen molar-refractivity contribution in [2.45, 2.75) is 33.2 Å². The van der Waals surface area contributed by atoms with Gasteiger partial charge in [-0.05, 0) is 18.4 Å². The molecule has 116 valence electrons. The molecule has 0 aliphatic rings. The maximum atomic E-state index is 12.1. The Morgan fingerprint density at radius 2 is 2.10 bits per heavy atom. The van der Waals surface area contributed by atoms with Crippen molar-refractivity contribution in [1.29, 1.82) is 0 Å². The number of nitrogens with two attached hydrogens (primary N) is 1. The van der Waals surface area contributed by atoms with Gasteiger partial charge in [0, 0.05) is 12.7 Å². The lowest BCUT2D eigenvalue weighted by Crippen LogP contribution is -2.47. The van der Waals surface area contributed by atoms with Gasteiger partial charge in [-0.25, -0.2) is 4.98 Å². The second kappa shape index (κ2) is 7.83. The van der Waals surface area contributed by atoms with Gasteiger partial charge in [-0.3, -0.25) is 9.59 Å². The Balaban J connectivity index is 2.83. The molecule has 1 heterocycles. The molecule has 0 saturated heterocycles. The summed E-state index contributed by atoms with van der Waals surface area (Å²) in [6.45, 7) is 6.38. The van der Waals surface area contributed by atoms with E-state index in [2.05, 4.69) is 15.6 Å². The van der Waals surface area contributed by atoms with Gasteiger partial charge in [0.25, 0.3) is 5.91 Å². The number of primary amides is 1. The number of nitrogens with one attached hydrogen (secondary N) is 2. The van der Waals surface area contributed by atoms with Crippen LogP contribution in [0.25, 0.3) is 0 Å². The van der Waals surface area contributed by atoms with Gasteiger partial charge in [0.2, 0.25) is 5.91 Å². The second-order valence-electron chi connectivity index (χ2n) is 5.08. The summed E-state index contributed by atoms with van der Waals surface area (Å²) >= 11 is 6.07. The van der Waals surface area contributed by atoms with E-state index in [1.165, 1.54) is 12.3 Å². The number of halogens is 1. The van der Waals surface area contributed by atoms with Crippen LogP contribution in [0.2, 0.25) is 5.02 Å². The van der Waals surface area contributed by atoms with Crippen molar-refractivity contribution >= 4 is 29.2 Å². The number of pyridine rings is 1. The van der Waals surface area contributed by atoms with Gasteiger partial charge in [0.1, 0.15) is 11.9 Å². The summed E-state index contributed by atoms with van der Waals surface area (Å²) in [6.07, 6.45) is 2.35. The molecule has 7 heteroatoms. The van der Waals surface area contributed by atoms with Crippen LogP contribution in [0.15, 0.2) is 12.3 Å². The zero-order valence-electron chi connectivity index (χ0n) is 12.4. The topological polar surface area (TPSA) is 97.1 Å². The molecule has 0 aliphatic carbocycles. The van der Waals surface area contributed by atoms with Crippen LogP contribution in [-0.4, -0.2) is 29.4 Å². The monoisotopic (exact) mass is 312 g/mol. The van der Waals surface area contributed by atoms with Crippen LogP contribution in [0.1, 0.15) is 37.6 Å². The highest BCUT2D eigenvalue weighted by atomic mass is 35.5. The Hall–Kier alpha value is -1.82. The summed E-state index contributed by atoms with van der Waals surface area (Å²) in [4.78, 5) is 27.5. The third-order valence-electron chi connectivity index (χ3n) is 2.91. The van der Waals surface area contributed by atoms with Crippen molar-refractivity contribution in [2.24, 2.45) is 11.7 Å². The van der Waals surface area contributed by atoms with Crippen molar-refractivity contribution in [3.05, 3.63) is 22.8 Å². The number of nitrogens with zero attached hydrogens (tertiary/aromatic N) is 1. The minimum absolute atomic E-state index is 0.0969. The molecule has 1 aromatic heterocycles. The number of carbonyl (C=O) groups is 2. The summed E-state index contributed by atoms with van der Waals surface area (Å²) in [5, 5.41) is 6.00. The fourth-order valence-electron chi connectivity index (χ4n) is 1.73. The van der Waals surface area contributed by atoms with E-state index in [4.69, 9.17) is 17.3 Å². The van der Waals surface area contributed by atoms with Crippen molar-refractivity contribution in [3.8, 4) is 0 Å². The maximum absolute atomic E-state index is 12.1. The van der Waals surface area contributed by atoms with Crippen molar-refractivity contribution in [2.75, 3.05) is 11.9 Å². The fourth-order valence-corrected chi connectivity index (χ4v) is 1.96. The molecule has 0 spiro atoms. The zero-order valence-corrected chi connectivity index (χ0v) is 13.2. The fraction of sp³-hybridized carbons (Fsp3) is 0.500. The number of amides is 2. The number of aromatic nitrogens is 1. The minimum atomic E-state index is -0.728. The smallest absolute Gasteiger partial charge is 0.253 e. The molecule has 1 atom stereocenters. The molecule has 0 radical (unpaired) electrons. The summed E-state index contributed by atoms with van der Waals surface area (Å²) in [5.74, 6) is -0.562. The van der Waals surface area contributed by atoms with Gasteiger partial charge < -0.3 is 16.4 Å². The first-order chi connectivity index (χ1) is 9.86. The molecule has 1 unspecified atom stereocenters. The molecule has 0 bridgehead atoms. The second-order valence-corrected chi connectivity index (χ2v) is 5.49. The highest BCUT2D eigenvalue weighted by Crippen LogP contribution is 2.20. The van der Waals surface area contributed by atoms with Crippen molar-refractivity contribution < 1.29 is 9.59 Å². The molecule has 0 aromatic carbocycles. The zero-order chi connectivity index (χ0) is 16.0. The standard InChI is InChI=1S/C14H21ClN4O2/c1-4-5-17-13-10(15)6-9(7-18-13)14(21)19-11(8(2)3)12(16)20/h6-8,11H,4-5H2,1-3H3,(H2,16,20)(H,17,18)(H,19,21). The molecular formula is C14H21ClN4O2. The lowest BCUT2D eigenvalue weighted by molar-refractivity contribution is -0.120. The third-order valence-corrected chi connectivity index (χ3v) is 3.19. The summed E-state index contributed by atoms with van der Waals surface area (Å²) in [5.41, 5.74) is 5.55. The normalized spacial score (nSPS) is 12.0. The molecule has 1 rings (SSSR count). The van der Waals surface area contributed by atoms with Gasteiger partial charge in [-0.15, -0.1) is 0 Å². The van der Waals surface area contributed by atoms with E-state index < -0.39 is 17.9 Å². The number of anilines is 1. The molecule has 4 N–H and O–H groups in total. The lowest BCUT2D eigenvalue weighted by atomic mass is 10.0. The maximum Gasteiger partial charge on any atom is 0.253 e. The van der Waals surface area contributed by atoms with E-state index in [-0.39, 0.29) is 11.5 Å². The minimum Gasteiger partial charge on any atom is -0.369 e. The van der Waals surface area contributed by atoms with E-state index in [9.17, 15) is 9.59 Å². The molecule has 6 nitrogen and oxygen atoms in total. The number of hydrogen-bond acceptors (Lipinski definition) is 4. The van der Waals surface area contributed by atoms with Crippen LogP contribution in [0.5, 0.6) is 0 Å². The third kappa shape index (κ3) is 4.90. The Labute approximate surface area is 129 Å². The van der Waals surface area contributed by atoms with Gasteiger partial charge in [-0.2, -0.15) is 0 Å².